The minimum atomic E-state index is 0.361. The molecule has 1 aromatic rings. The molecule has 0 aliphatic heterocycles. The van der Waals surface area contributed by atoms with E-state index < -0.39 is 0 Å². The van der Waals surface area contributed by atoms with Crippen LogP contribution in [0.5, 0.6) is 0 Å². The first-order valence-corrected chi connectivity index (χ1v) is 4.81. The van der Waals surface area contributed by atoms with Gasteiger partial charge in [0.1, 0.15) is 5.78 Å². The van der Waals surface area contributed by atoms with Gasteiger partial charge in [0.25, 0.3) is 0 Å². The summed E-state index contributed by atoms with van der Waals surface area (Å²) in [6, 6.07) is 9.64. The van der Waals surface area contributed by atoms with Crippen molar-refractivity contribution in [2.45, 2.75) is 25.2 Å². The normalized spacial score (nSPS) is 20.8. The summed E-state index contributed by atoms with van der Waals surface area (Å²) in [5.41, 5.74) is 1.87. The van der Waals surface area contributed by atoms with Crippen molar-refractivity contribution in [2.24, 2.45) is 0 Å². The molecular weight excluding hydrogens is 174 g/mol. The molecule has 1 fully saturated rings. The van der Waals surface area contributed by atoms with Crippen LogP contribution in [0.1, 0.15) is 36.3 Å². The van der Waals surface area contributed by atoms with Crippen LogP contribution < -0.4 is 0 Å². The van der Waals surface area contributed by atoms with Crippen LogP contribution in [0.15, 0.2) is 24.3 Å². The number of benzene rings is 1. The van der Waals surface area contributed by atoms with Gasteiger partial charge in [-0.05, 0) is 30.0 Å². The van der Waals surface area contributed by atoms with Crippen molar-refractivity contribution in [1.82, 2.24) is 0 Å². The summed E-state index contributed by atoms with van der Waals surface area (Å²) in [5.74, 6) is 0.745. The van der Waals surface area contributed by atoms with Gasteiger partial charge in [0.15, 0.2) is 0 Å². The zero-order valence-electron chi connectivity index (χ0n) is 7.86. The van der Waals surface area contributed by atoms with E-state index in [0.29, 0.717) is 30.1 Å². The number of carbonyl (C=O) groups is 1. The summed E-state index contributed by atoms with van der Waals surface area (Å²) in [6.45, 7) is 0. The van der Waals surface area contributed by atoms with Crippen LogP contribution in [-0.4, -0.2) is 5.78 Å². The van der Waals surface area contributed by atoms with Crippen molar-refractivity contribution in [2.75, 3.05) is 0 Å². The van der Waals surface area contributed by atoms with Crippen molar-refractivity contribution < 1.29 is 4.79 Å². The fourth-order valence-corrected chi connectivity index (χ4v) is 1.93. The predicted molar refractivity (Wildman–Crippen MR) is 52.8 cm³/mol. The Labute approximate surface area is 83.2 Å². The van der Waals surface area contributed by atoms with Gasteiger partial charge in [-0.2, -0.15) is 5.26 Å². The molecule has 0 radical (unpaired) electrons. The summed E-state index contributed by atoms with van der Waals surface area (Å²) in [4.78, 5) is 11.1. The molecular formula is C12H11NO. The van der Waals surface area contributed by atoms with Gasteiger partial charge in [-0.1, -0.05) is 12.1 Å². The highest BCUT2D eigenvalue weighted by Gasteiger charge is 2.23. The van der Waals surface area contributed by atoms with E-state index in [1.807, 2.05) is 24.3 Å². The number of rotatable bonds is 1. The first-order chi connectivity index (χ1) is 6.79. The minimum Gasteiger partial charge on any atom is -0.300 e. The number of carbonyl (C=O) groups excluding carboxylic acids is 1. The van der Waals surface area contributed by atoms with Crippen LogP contribution in [0.2, 0.25) is 0 Å². The second-order valence-corrected chi connectivity index (χ2v) is 3.71. The average Bonchev–Trinajstić information content (AvgIpc) is 2.65. The highest BCUT2D eigenvalue weighted by atomic mass is 16.1. The molecule has 0 heterocycles. The largest absolute Gasteiger partial charge is 0.300 e. The summed E-state index contributed by atoms with van der Waals surface area (Å²) in [6.07, 6.45) is 2.35. The van der Waals surface area contributed by atoms with Crippen molar-refractivity contribution in [3.05, 3.63) is 35.4 Å². The smallest absolute Gasteiger partial charge is 0.133 e. The second kappa shape index (κ2) is 3.63. The van der Waals surface area contributed by atoms with Crippen LogP contribution in [0.25, 0.3) is 0 Å². The molecule has 1 aromatic carbocycles. The third-order valence-corrected chi connectivity index (χ3v) is 2.76. The van der Waals surface area contributed by atoms with E-state index in [9.17, 15) is 4.79 Å². The number of ketones is 1. The van der Waals surface area contributed by atoms with Gasteiger partial charge >= 0.3 is 0 Å². The molecule has 1 atom stereocenters. The van der Waals surface area contributed by atoms with Gasteiger partial charge in [0, 0.05) is 12.8 Å². The monoisotopic (exact) mass is 185 g/mol. The van der Waals surface area contributed by atoms with E-state index in [0.717, 1.165) is 6.42 Å². The van der Waals surface area contributed by atoms with Gasteiger partial charge in [-0.3, -0.25) is 4.79 Å². The molecule has 1 unspecified atom stereocenters. The topological polar surface area (TPSA) is 40.9 Å². The molecule has 0 N–H and O–H groups in total. The summed E-state index contributed by atoms with van der Waals surface area (Å²) in [7, 11) is 0. The molecule has 70 valence electrons. The minimum absolute atomic E-state index is 0.361. The Balaban J connectivity index is 2.18. The van der Waals surface area contributed by atoms with Gasteiger partial charge in [0.2, 0.25) is 0 Å². The van der Waals surface area contributed by atoms with Gasteiger partial charge in [0.05, 0.1) is 11.6 Å². The maximum atomic E-state index is 11.1. The maximum Gasteiger partial charge on any atom is 0.133 e. The van der Waals surface area contributed by atoms with E-state index in [1.165, 1.54) is 5.56 Å². The van der Waals surface area contributed by atoms with Crippen LogP contribution in [-0.2, 0) is 4.79 Å². The van der Waals surface area contributed by atoms with Crippen molar-refractivity contribution in [3.8, 4) is 6.07 Å². The molecule has 1 aliphatic rings. The van der Waals surface area contributed by atoms with Gasteiger partial charge in [-0.25, -0.2) is 0 Å². The molecule has 1 aliphatic carbocycles. The van der Waals surface area contributed by atoms with E-state index >= 15 is 0 Å². The Morgan fingerprint density at radius 2 is 2.00 bits per heavy atom. The Hall–Kier alpha value is -1.62. The Morgan fingerprint density at radius 3 is 2.50 bits per heavy atom. The predicted octanol–water partition coefficient (Wildman–Crippen LogP) is 2.39. The molecule has 0 spiro atoms. The molecule has 2 nitrogen and oxygen atoms in total. The number of hydrogen-bond acceptors (Lipinski definition) is 2. The molecule has 2 rings (SSSR count). The van der Waals surface area contributed by atoms with Crippen LogP contribution in [0, 0.1) is 11.3 Å². The van der Waals surface area contributed by atoms with Crippen molar-refractivity contribution in [3.63, 3.8) is 0 Å². The van der Waals surface area contributed by atoms with E-state index in [-0.39, 0.29) is 0 Å². The van der Waals surface area contributed by atoms with Gasteiger partial charge in [-0.15, -0.1) is 0 Å². The zero-order valence-corrected chi connectivity index (χ0v) is 7.86. The van der Waals surface area contributed by atoms with E-state index in [2.05, 4.69) is 6.07 Å². The lowest BCUT2D eigenvalue weighted by molar-refractivity contribution is -0.117. The molecule has 14 heavy (non-hydrogen) atoms. The summed E-state index contributed by atoms with van der Waals surface area (Å²) >= 11 is 0. The quantitative estimate of drug-likeness (QED) is 0.674. The van der Waals surface area contributed by atoms with E-state index in [4.69, 9.17) is 5.26 Å². The number of Topliss-reactive ketones (excluding diaryl/α,β-unsaturated/α-hetero) is 1. The SMILES string of the molecule is N#Cc1ccc(C2CCC(=O)C2)cc1. The molecule has 0 bridgehead atoms. The number of hydrogen-bond donors (Lipinski definition) is 0. The number of nitrogens with zero attached hydrogens (tertiary/aromatic N) is 1. The average molecular weight is 185 g/mol. The van der Waals surface area contributed by atoms with Crippen molar-refractivity contribution in [1.29, 1.82) is 5.26 Å². The molecule has 2 heteroatoms. The first kappa shape index (κ1) is 8.96. The summed E-state index contributed by atoms with van der Waals surface area (Å²) in [5, 5.41) is 8.63. The maximum absolute atomic E-state index is 11.1. The van der Waals surface area contributed by atoms with Crippen LogP contribution in [0.3, 0.4) is 0 Å². The second-order valence-electron chi connectivity index (χ2n) is 3.71. The zero-order chi connectivity index (χ0) is 9.97. The molecule has 1 saturated carbocycles. The molecule has 0 aromatic heterocycles. The molecule has 0 saturated heterocycles. The third-order valence-electron chi connectivity index (χ3n) is 2.76. The third kappa shape index (κ3) is 1.67. The Kier molecular flexibility index (Phi) is 2.32. The lowest BCUT2D eigenvalue weighted by atomic mass is 9.97. The van der Waals surface area contributed by atoms with Crippen LogP contribution >= 0.6 is 0 Å². The van der Waals surface area contributed by atoms with Crippen molar-refractivity contribution >= 4 is 5.78 Å². The standard InChI is InChI=1S/C12H11NO/c13-8-9-1-3-10(4-2-9)11-5-6-12(14)7-11/h1-4,11H,5-7H2. The lowest BCUT2D eigenvalue weighted by Crippen LogP contribution is -1.93. The lowest BCUT2D eigenvalue weighted by Gasteiger charge is -2.07. The van der Waals surface area contributed by atoms with Gasteiger partial charge < -0.3 is 0 Å². The first-order valence-electron chi connectivity index (χ1n) is 4.81. The molecule has 0 amide bonds. The number of nitriles is 1. The van der Waals surface area contributed by atoms with Crippen LogP contribution in [0.4, 0.5) is 0 Å². The summed E-state index contributed by atoms with van der Waals surface area (Å²) < 4.78 is 0. The highest BCUT2D eigenvalue weighted by Crippen LogP contribution is 2.31. The Morgan fingerprint density at radius 1 is 1.29 bits per heavy atom. The fourth-order valence-electron chi connectivity index (χ4n) is 1.93. The van der Waals surface area contributed by atoms with E-state index in [1.54, 1.807) is 0 Å². The Bertz CT molecular complexity index is 386. The fraction of sp³-hybridized carbons (Fsp3) is 0.333. The highest BCUT2D eigenvalue weighted by molar-refractivity contribution is 5.81.